The Morgan fingerprint density at radius 1 is 0.974 bits per heavy atom. The Morgan fingerprint density at radius 2 is 1.58 bits per heavy atom. The van der Waals surface area contributed by atoms with Gasteiger partial charge in [-0.2, -0.15) is 0 Å². The van der Waals surface area contributed by atoms with Gasteiger partial charge in [-0.3, -0.25) is 0 Å². The van der Waals surface area contributed by atoms with Crippen molar-refractivity contribution in [1.29, 1.82) is 0 Å². The molecule has 5 saturated carbocycles. The van der Waals surface area contributed by atoms with Crippen molar-refractivity contribution in [2.24, 2.45) is 50.7 Å². The first-order valence-electron chi connectivity index (χ1n) is 15.8. The van der Waals surface area contributed by atoms with Crippen LogP contribution in [0, 0.1) is 50.7 Å². The zero-order chi connectivity index (χ0) is 27.9. The van der Waals surface area contributed by atoms with Gasteiger partial charge in [0.1, 0.15) is 6.10 Å². The quantitative estimate of drug-likeness (QED) is 0.431. The van der Waals surface area contributed by atoms with E-state index < -0.39 is 23.4 Å². The summed E-state index contributed by atoms with van der Waals surface area (Å²) in [5.41, 5.74) is -1.23. The topological polar surface area (TPSA) is 79.2 Å². The molecular formula is C33H56O5. The molecule has 1 heterocycles. The molecule has 0 bridgehead atoms. The Morgan fingerprint density at radius 3 is 2.21 bits per heavy atom. The average molecular weight is 533 g/mol. The number of ether oxygens (including phenoxy) is 2. The highest BCUT2D eigenvalue weighted by Gasteiger charge is 2.85. The van der Waals surface area contributed by atoms with E-state index in [-0.39, 0.29) is 28.5 Å². The fourth-order valence-electron chi connectivity index (χ4n) is 12.6. The molecule has 0 aromatic carbocycles. The van der Waals surface area contributed by atoms with E-state index in [1.165, 1.54) is 12.8 Å². The molecule has 5 heteroatoms. The van der Waals surface area contributed by atoms with Gasteiger partial charge in [0.2, 0.25) is 0 Å². The van der Waals surface area contributed by atoms with Crippen LogP contribution in [-0.2, 0) is 9.47 Å². The second kappa shape index (κ2) is 8.00. The van der Waals surface area contributed by atoms with Gasteiger partial charge in [-0.05, 0) is 124 Å². The summed E-state index contributed by atoms with van der Waals surface area (Å²) in [6.45, 7) is 20.1. The van der Waals surface area contributed by atoms with Crippen molar-refractivity contribution in [3.8, 4) is 0 Å². The highest BCUT2D eigenvalue weighted by atomic mass is 16.6. The lowest BCUT2D eigenvalue weighted by Gasteiger charge is -2.64. The summed E-state index contributed by atoms with van der Waals surface area (Å²) in [4.78, 5) is 0. The first kappa shape index (κ1) is 27.9. The van der Waals surface area contributed by atoms with Gasteiger partial charge in [-0.15, -0.1) is 0 Å². The molecule has 5 aliphatic carbocycles. The molecule has 6 fully saturated rings. The van der Waals surface area contributed by atoms with Crippen molar-refractivity contribution in [3.63, 3.8) is 0 Å². The molecule has 0 radical (unpaired) electrons. The van der Waals surface area contributed by atoms with Crippen LogP contribution >= 0.6 is 0 Å². The van der Waals surface area contributed by atoms with Crippen molar-refractivity contribution in [2.45, 2.75) is 149 Å². The lowest BCUT2D eigenvalue weighted by molar-refractivity contribution is -0.215. The van der Waals surface area contributed by atoms with Crippen molar-refractivity contribution >= 4 is 0 Å². The second-order valence-corrected chi connectivity index (χ2v) is 16.7. The van der Waals surface area contributed by atoms with E-state index in [4.69, 9.17) is 9.47 Å². The van der Waals surface area contributed by atoms with E-state index in [1.807, 2.05) is 20.8 Å². The number of hydrogen-bond donors (Lipinski definition) is 3. The van der Waals surface area contributed by atoms with E-state index in [0.29, 0.717) is 41.1 Å². The summed E-state index contributed by atoms with van der Waals surface area (Å²) in [5.74, 6) is 1.77. The molecule has 5 nitrogen and oxygen atoms in total. The Balaban J connectivity index is 1.35. The second-order valence-electron chi connectivity index (χ2n) is 16.7. The van der Waals surface area contributed by atoms with Gasteiger partial charge in [-0.25, -0.2) is 0 Å². The molecule has 2 spiro atoms. The highest BCUT2D eigenvalue weighted by molar-refractivity contribution is 5.33. The molecule has 0 amide bonds. The first-order chi connectivity index (χ1) is 17.4. The molecule has 6 rings (SSSR count). The van der Waals surface area contributed by atoms with Gasteiger partial charge in [0, 0.05) is 12.0 Å². The Kier molecular flexibility index (Phi) is 5.88. The van der Waals surface area contributed by atoms with E-state index >= 15 is 0 Å². The molecule has 6 aliphatic rings. The zero-order valence-electron chi connectivity index (χ0n) is 25.6. The van der Waals surface area contributed by atoms with Crippen LogP contribution in [0.2, 0.25) is 0 Å². The SMILES string of the molecule is CCO[C@@H]([C@H]1C[C@@H](C)[C@H]2[C@H](O1)[C@H](O)[C@@]1(C)[C@@H]3CC[C@H]4C(C)(C)C(C)(O)CC[C@@]45C[C@@]35CC[C@]21C)C(C)(C)O. The van der Waals surface area contributed by atoms with Crippen LogP contribution in [0.25, 0.3) is 0 Å². The van der Waals surface area contributed by atoms with Crippen LogP contribution in [0.15, 0.2) is 0 Å². The molecule has 1 saturated heterocycles. The lowest BCUT2D eigenvalue weighted by Crippen LogP contribution is -2.61. The Bertz CT molecular complexity index is 969. The van der Waals surface area contributed by atoms with E-state index in [0.717, 1.165) is 38.5 Å². The third kappa shape index (κ3) is 3.07. The zero-order valence-corrected chi connectivity index (χ0v) is 25.6. The summed E-state index contributed by atoms with van der Waals surface area (Å²) in [6.07, 6.45) is 7.55. The minimum Gasteiger partial charge on any atom is -0.390 e. The summed E-state index contributed by atoms with van der Waals surface area (Å²) < 4.78 is 13.0. The predicted molar refractivity (Wildman–Crippen MR) is 148 cm³/mol. The van der Waals surface area contributed by atoms with E-state index in [2.05, 4.69) is 41.5 Å². The minimum atomic E-state index is -1.00. The van der Waals surface area contributed by atoms with E-state index in [1.54, 1.807) is 0 Å². The normalized spacial score (nSPS) is 57.6. The van der Waals surface area contributed by atoms with Crippen LogP contribution in [0.5, 0.6) is 0 Å². The van der Waals surface area contributed by atoms with Gasteiger partial charge < -0.3 is 24.8 Å². The first-order valence-corrected chi connectivity index (χ1v) is 15.8. The number of rotatable bonds is 4. The van der Waals surface area contributed by atoms with Crippen LogP contribution in [0.1, 0.15) is 114 Å². The third-order valence-corrected chi connectivity index (χ3v) is 14.9. The smallest absolute Gasteiger partial charge is 0.112 e. The third-order valence-electron chi connectivity index (χ3n) is 14.9. The van der Waals surface area contributed by atoms with Crippen molar-refractivity contribution in [2.75, 3.05) is 6.61 Å². The summed E-state index contributed by atoms with van der Waals surface area (Å²) in [5, 5.41) is 34.7. The number of fused-ring (bicyclic) bond motifs is 4. The molecule has 1 unspecified atom stereocenters. The van der Waals surface area contributed by atoms with Crippen LogP contribution in [0.3, 0.4) is 0 Å². The van der Waals surface area contributed by atoms with Crippen molar-refractivity contribution in [1.82, 2.24) is 0 Å². The summed E-state index contributed by atoms with van der Waals surface area (Å²) >= 11 is 0. The largest absolute Gasteiger partial charge is 0.390 e. The predicted octanol–water partition coefficient (Wildman–Crippen LogP) is 5.73. The molecule has 1 aliphatic heterocycles. The fourth-order valence-corrected chi connectivity index (χ4v) is 12.6. The van der Waals surface area contributed by atoms with Gasteiger partial charge in [-0.1, -0.05) is 34.6 Å². The molecule has 3 N–H and O–H groups in total. The monoisotopic (exact) mass is 532 g/mol. The number of hydrogen-bond acceptors (Lipinski definition) is 5. The molecular weight excluding hydrogens is 476 g/mol. The van der Waals surface area contributed by atoms with Crippen LogP contribution < -0.4 is 0 Å². The van der Waals surface area contributed by atoms with Crippen LogP contribution in [0.4, 0.5) is 0 Å². The highest BCUT2D eigenvalue weighted by Crippen LogP contribution is 2.89. The van der Waals surface area contributed by atoms with Crippen LogP contribution in [-0.4, -0.2) is 57.5 Å². The van der Waals surface area contributed by atoms with Gasteiger partial charge in [0.05, 0.1) is 29.5 Å². The maximum Gasteiger partial charge on any atom is 0.112 e. The molecule has 13 atom stereocenters. The Labute approximate surface area is 231 Å². The van der Waals surface area contributed by atoms with Gasteiger partial charge >= 0.3 is 0 Å². The lowest BCUT2D eigenvalue weighted by atomic mass is 9.40. The molecule has 218 valence electrons. The summed E-state index contributed by atoms with van der Waals surface area (Å²) in [6, 6.07) is 0. The standard InChI is InChI=1S/C33H56O5/c1-10-37-26(28(5,6)35)20-17-19(2)23-24(38-20)25(34)31(9)22-12-11-21-27(3,4)30(8,36)14-16-32(21)18-33(22,32)15-13-29(23,31)7/h19-26,34-36H,10-18H2,1-9H3/t19-,20-,21+,22+,23+,24+,25+,26+,29-,30?,31-,32-,33+/m1/s1. The maximum atomic E-state index is 12.4. The maximum absolute atomic E-state index is 12.4. The average Bonchev–Trinajstić information content (AvgIpc) is 3.45. The minimum absolute atomic E-state index is 0.0273. The number of aliphatic hydroxyl groups excluding tert-OH is 1. The molecule has 38 heavy (non-hydrogen) atoms. The van der Waals surface area contributed by atoms with E-state index in [9.17, 15) is 15.3 Å². The molecule has 0 aromatic heterocycles. The summed E-state index contributed by atoms with van der Waals surface area (Å²) in [7, 11) is 0. The Hall–Kier alpha value is -0.200. The fraction of sp³-hybridized carbons (Fsp3) is 1.00. The van der Waals surface area contributed by atoms with Crippen molar-refractivity contribution < 1.29 is 24.8 Å². The molecule has 0 aromatic rings. The van der Waals surface area contributed by atoms with Crippen molar-refractivity contribution in [3.05, 3.63) is 0 Å². The number of aliphatic hydroxyl groups is 3. The van der Waals surface area contributed by atoms with Gasteiger partial charge in [0.25, 0.3) is 0 Å². The van der Waals surface area contributed by atoms with Gasteiger partial charge in [0.15, 0.2) is 0 Å².